The van der Waals surface area contributed by atoms with Crippen LogP contribution in [0.25, 0.3) is 10.8 Å². The van der Waals surface area contributed by atoms with Gasteiger partial charge in [-0.1, -0.05) is 72.8 Å². The number of carbonyl (C=O) groups is 1. The minimum Gasteiger partial charge on any atom is -0.349 e. The molecule has 0 radical (unpaired) electrons. The lowest BCUT2D eigenvalue weighted by molar-refractivity contribution is -0.121. The molecule has 1 atom stereocenters. The fraction of sp³-hybridized carbons (Fsp3) is 0.150. The molecule has 110 valence electrons. The van der Waals surface area contributed by atoms with Crippen LogP contribution in [0.5, 0.6) is 0 Å². The molecule has 1 amide bonds. The van der Waals surface area contributed by atoms with E-state index in [1.54, 1.807) is 0 Å². The molecule has 22 heavy (non-hydrogen) atoms. The van der Waals surface area contributed by atoms with Crippen LogP contribution in [-0.2, 0) is 11.2 Å². The largest absolute Gasteiger partial charge is 0.349 e. The molecule has 0 aliphatic rings. The number of fused-ring (bicyclic) bond motifs is 1. The van der Waals surface area contributed by atoms with Gasteiger partial charge < -0.3 is 5.32 Å². The molecule has 0 fully saturated rings. The zero-order valence-corrected chi connectivity index (χ0v) is 12.6. The third-order valence-corrected chi connectivity index (χ3v) is 3.87. The zero-order chi connectivity index (χ0) is 15.4. The summed E-state index contributed by atoms with van der Waals surface area (Å²) in [6.07, 6.45) is 0.413. The van der Waals surface area contributed by atoms with Crippen LogP contribution < -0.4 is 5.32 Å². The summed E-state index contributed by atoms with van der Waals surface area (Å²) >= 11 is 0. The maximum absolute atomic E-state index is 12.2. The Balaban J connectivity index is 1.76. The molecule has 3 aromatic rings. The van der Waals surface area contributed by atoms with Gasteiger partial charge in [-0.25, -0.2) is 0 Å². The van der Waals surface area contributed by atoms with E-state index >= 15 is 0 Å². The third-order valence-electron chi connectivity index (χ3n) is 3.87. The lowest BCUT2D eigenvalue weighted by Gasteiger charge is -2.16. The minimum atomic E-state index is -0.0117. The summed E-state index contributed by atoms with van der Waals surface area (Å²) in [5.41, 5.74) is 2.18. The Morgan fingerprint density at radius 3 is 2.41 bits per heavy atom. The second-order valence-electron chi connectivity index (χ2n) is 5.52. The van der Waals surface area contributed by atoms with E-state index in [0.29, 0.717) is 6.42 Å². The SMILES string of the molecule is C[C@@H](NC(=O)Cc1ccccc1)c1cccc2ccccc12. The van der Waals surface area contributed by atoms with Gasteiger partial charge in [0.25, 0.3) is 0 Å². The van der Waals surface area contributed by atoms with E-state index in [1.165, 1.54) is 10.8 Å². The van der Waals surface area contributed by atoms with Crippen molar-refractivity contribution in [1.29, 1.82) is 0 Å². The van der Waals surface area contributed by atoms with Gasteiger partial charge >= 0.3 is 0 Å². The minimum absolute atomic E-state index is 0.0117. The highest BCUT2D eigenvalue weighted by molar-refractivity contribution is 5.87. The Morgan fingerprint density at radius 1 is 0.909 bits per heavy atom. The van der Waals surface area contributed by atoms with Gasteiger partial charge in [-0.15, -0.1) is 0 Å². The average molecular weight is 289 g/mol. The molecule has 2 heteroatoms. The Hall–Kier alpha value is -2.61. The van der Waals surface area contributed by atoms with Gasteiger partial charge in [0.15, 0.2) is 0 Å². The first-order chi connectivity index (χ1) is 10.7. The second kappa shape index (κ2) is 6.44. The quantitative estimate of drug-likeness (QED) is 0.764. The number of carbonyl (C=O) groups excluding carboxylic acids is 1. The number of nitrogens with one attached hydrogen (secondary N) is 1. The molecule has 2 nitrogen and oxygen atoms in total. The highest BCUT2D eigenvalue weighted by Crippen LogP contribution is 2.24. The fourth-order valence-corrected chi connectivity index (χ4v) is 2.78. The van der Waals surface area contributed by atoms with Crippen LogP contribution >= 0.6 is 0 Å². The molecule has 3 aromatic carbocycles. The lowest BCUT2D eigenvalue weighted by Crippen LogP contribution is -2.28. The van der Waals surface area contributed by atoms with Crippen LogP contribution in [0.4, 0.5) is 0 Å². The average Bonchev–Trinajstić information content (AvgIpc) is 2.55. The molecule has 0 heterocycles. The molecule has 0 unspecified atom stereocenters. The normalized spacial score (nSPS) is 12.0. The summed E-state index contributed by atoms with van der Waals surface area (Å²) in [6.45, 7) is 2.03. The monoisotopic (exact) mass is 289 g/mol. The van der Waals surface area contributed by atoms with Crippen LogP contribution in [0.3, 0.4) is 0 Å². The Bertz CT molecular complexity index is 775. The van der Waals surface area contributed by atoms with Crippen molar-refractivity contribution >= 4 is 16.7 Å². The molecule has 0 aliphatic heterocycles. The van der Waals surface area contributed by atoms with Gasteiger partial charge in [-0.3, -0.25) is 4.79 Å². The maximum atomic E-state index is 12.2. The molecule has 0 saturated heterocycles. The Kier molecular flexibility index (Phi) is 4.19. The van der Waals surface area contributed by atoms with E-state index in [2.05, 4.69) is 29.6 Å². The summed E-state index contributed by atoms with van der Waals surface area (Å²) in [4.78, 5) is 12.2. The van der Waals surface area contributed by atoms with E-state index in [-0.39, 0.29) is 11.9 Å². The fourth-order valence-electron chi connectivity index (χ4n) is 2.78. The first kappa shape index (κ1) is 14.3. The molecule has 0 bridgehead atoms. The maximum Gasteiger partial charge on any atom is 0.224 e. The van der Waals surface area contributed by atoms with Crippen molar-refractivity contribution in [2.75, 3.05) is 0 Å². The van der Waals surface area contributed by atoms with Crippen LogP contribution in [-0.4, -0.2) is 5.91 Å². The first-order valence-electron chi connectivity index (χ1n) is 7.55. The topological polar surface area (TPSA) is 29.1 Å². The lowest BCUT2D eigenvalue weighted by atomic mass is 9.99. The second-order valence-corrected chi connectivity index (χ2v) is 5.52. The van der Waals surface area contributed by atoms with E-state index in [4.69, 9.17) is 0 Å². The van der Waals surface area contributed by atoms with Crippen LogP contribution in [0.1, 0.15) is 24.1 Å². The molecule has 1 N–H and O–H groups in total. The summed E-state index contributed by atoms with van der Waals surface area (Å²) < 4.78 is 0. The molecule has 0 saturated carbocycles. The van der Waals surface area contributed by atoms with Gasteiger partial charge in [-0.2, -0.15) is 0 Å². The van der Waals surface area contributed by atoms with Crippen molar-refractivity contribution in [3.05, 3.63) is 83.9 Å². The Labute approximate surface area is 130 Å². The molecule has 0 aromatic heterocycles. The molecular formula is C20H19NO. The molecule has 0 spiro atoms. The van der Waals surface area contributed by atoms with Crippen molar-refractivity contribution in [1.82, 2.24) is 5.32 Å². The zero-order valence-electron chi connectivity index (χ0n) is 12.6. The summed E-state index contributed by atoms with van der Waals surface area (Å²) in [5, 5.41) is 5.49. The number of amides is 1. The first-order valence-corrected chi connectivity index (χ1v) is 7.55. The smallest absolute Gasteiger partial charge is 0.224 e. The van der Waals surface area contributed by atoms with E-state index in [9.17, 15) is 4.79 Å². The van der Waals surface area contributed by atoms with E-state index < -0.39 is 0 Å². The van der Waals surface area contributed by atoms with Gasteiger partial charge in [-0.05, 0) is 28.8 Å². The highest BCUT2D eigenvalue weighted by Gasteiger charge is 2.12. The van der Waals surface area contributed by atoms with Gasteiger partial charge in [0.05, 0.1) is 12.5 Å². The standard InChI is InChI=1S/C20H19NO/c1-15(21-20(22)14-16-8-3-2-4-9-16)18-13-7-11-17-10-5-6-12-19(17)18/h2-13,15H,14H2,1H3,(H,21,22)/t15-/m1/s1. The predicted octanol–water partition coefficient (Wildman–Crippen LogP) is 4.26. The predicted molar refractivity (Wildman–Crippen MR) is 90.7 cm³/mol. The van der Waals surface area contributed by atoms with Crippen LogP contribution in [0.2, 0.25) is 0 Å². The number of hydrogen-bond donors (Lipinski definition) is 1. The molecule has 3 rings (SSSR count). The van der Waals surface area contributed by atoms with E-state index in [1.807, 2.05) is 55.5 Å². The van der Waals surface area contributed by atoms with E-state index in [0.717, 1.165) is 11.1 Å². The Morgan fingerprint density at radius 2 is 1.59 bits per heavy atom. The van der Waals surface area contributed by atoms with Crippen molar-refractivity contribution in [2.45, 2.75) is 19.4 Å². The summed E-state index contributed by atoms with van der Waals surface area (Å²) in [6, 6.07) is 24.3. The van der Waals surface area contributed by atoms with Crippen molar-refractivity contribution < 1.29 is 4.79 Å². The van der Waals surface area contributed by atoms with Crippen LogP contribution in [0.15, 0.2) is 72.8 Å². The molecular weight excluding hydrogens is 270 g/mol. The van der Waals surface area contributed by atoms with Gasteiger partial charge in [0, 0.05) is 0 Å². The van der Waals surface area contributed by atoms with Crippen molar-refractivity contribution in [3.63, 3.8) is 0 Å². The van der Waals surface area contributed by atoms with Crippen molar-refractivity contribution in [3.8, 4) is 0 Å². The summed E-state index contributed by atoms with van der Waals surface area (Å²) in [5.74, 6) is 0.0478. The number of rotatable bonds is 4. The van der Waals surface area contributed by atoms with Gasteiger partial charge in [0.2, 0.25) is 5.91 Å². The van der Waals surface area contributed by atoms with Gasteiger partial charge in [0.1, 0.15) is 0 Å². The molecule has 0 aliphatic carbocycles. The number of benzene rings is 3. The summed E-state index contributed by atoms with van der Waals surface area (Å²) in [7, 11) is 0. The number of hydrogen-bond acceptors (Lipinski definition) is 1. The van der Waals surface area contributed by atoms with Crippen molar-refractivity contribution in [2.24, 2.45) is 0 Å². The van der Waals surface area contributed by atoms with Crippen LogP contribution in [0, 0.1) is 0 Å². The highest BCUT2D eigenvalue weighted by atomic mass is 16.1. The third kappa shape index (κ3) is 3.17.